The molecule has 0 fully saturated rings. The van der Waals surface area contributed by atoms with Crippen molar-refractivity contribution in [1.29, 1.82) is 0 Å². The summed E-state index contributed by atoms with van der Waals surface area (Å²) in [5, 5.41) is 8.74. The number of carboxylic acids is 1. The quantitative estimate of drug-likeness (QED) is 0.764. The first-order valence-corrected chi connectivity index (χ1v) is 9.53. The van der Waals surface area contributed by atoms with Crippen LogP contribution in [0.25, 0.3) is 0 Å². The Kier molecular flexibility index (Phi) is 5.92. The zero-order chi connectivity index (χ0) is 16.9. The summed E-state index contributed by atoms with van der Waals surface area (Å²) in [6.45, 7) is 1.83. The van der Waals surface area contributed by atoms with E-state index in [1.807, 2.05) is 37.3 Å². The summed E-state index contributed by atoms with van der Waals surface area (Å²) in [5.74, 6) is -0.972. The molecule has 0 aliphatic heterocycles. The molecule has 0 bridgehead atoms. The monoisotopic (exact) mass is 353 g/mol. The van der Waals surface area contributed by atoms with Crippen molar-refractivity contribution < 1.29 is 18.3 Å². The number of hydrogen-bond donors (Lipinski definition) is 2. The van der Waals surface area contributed by atoms with E-state index in [9.17, 15) is 13.2 Å². The Bertz CT molecular complexity index is 753. The Balaban J connectivity index is 1.94. The Morgan fingerprint density at radius 2 is 1.91 bits per heavy atom. The molecule has 1 heterocycles. The summed E-state index contributed by atoms with van der Waals surface area (Å²) in [6.07, 6.45) is 1.32. The second-order valence-corrected chi connectivity index (χ2v) is 8.45. The van der Waals surface area contributed by atoms with Gasteiger partial charge in [-0.15, -0.1) is 11.3 Å². The summed E-state index contributed by atoms with van der Waals surface area (Å²) >= 11 is 0.993. The normalized spacial score (nSPS) is 12.9. The molecule has 23 heavy (non-hydrogen) atoms. The number of sulfonamides is 1. The van der Waals surface area contributed by atoms with Crippen molar-refractivity contribution in [2.24, 2.45) is 0 Å². The van der Waals surface area contributed by atoms with Crippen LogP contribution in [0.5, 0.6) is 0 Å². The molecule has 1 atom stereocenters. The van der Waals surface area contributed by atoms with E-state index in [0.717, 1.165) is 17.8 Å². The van der Waals surface area contributed by atoms with Crippen LogP contribution in [0.2, 0.25) is 0 Å². The maximum absolute atomic E-state index is 12.3. The molecule has 1 aromatic carbocycles. The van der Waals surface area contributed by atoms with Crippen molar-refractivity contribution in [3.8, 4) is 0 Å². The number of carbonyl (C=O) groups is 1. The highest BCUT2D eigenvalue weighted by Gasteiger charge is 2.20. The van der Waals surface area contributed by atoms with E-state index in [0.29, 0.717) is 11.3 Å². The molecule has 0 aliphatic carbocycles. The van der Waals surface area contributed by atoms with Gasteiger partial charge in [-0.05, 0) is 37.5 Å². The second-order valence-electron chi connectivity index (χ2n) is 5.34. The van der Waals surface area contributed by atoms with Gasteiger partial charge in [0.15, 0.2) is 0 Å². The number of benzene rings is 1. The Hall–Kier alpha value is -1.70. The molecule has 0 radical (unpaired) electrons. The molecule has 0 aliphatic rings. The largest absolute Gasteiger partial charge is 0.481 e. The summed E-state index contributed by atoms with van der Waals surface area (Å²) in [7, 11) is -3.60. The van der Waals surface area contributed by atoms with Gasteiger partial charge in [0.2, 0.25) is 10.0 Å². The number of rotatable bonds is 8. The molecule has 5 nitrogen and oxygen atoms in total. The lowest BCUT2D eigenvalue weighted by molar-refractivity contribution is -0.136. The van der Waals surface area contributed by atoms with Gasteiger partial charge in [0.05, 0.1) is 6.42 Å². The zero-order valence-corrected chi connectivity index (χ0v) is 14.4. The van der Waals surface area contributed by atoms with Gasteiger partial charge in [0.1, 0.15) is 4.21 Å². The van der Waals surface area contributed by atoms with Crippen LogP contribution in [0.15, 0.2) is 46.7 Å². The lowest BCUT2D eigenvalue weighted by Gasteiger charge is -2.13. The second kappa shape index (κ2) is 7.72. The molecule has 0 amide bonds. The van der Waals surface area contributed by atoms with Crippen LogP contribution in [0.4, 0.5) is 0 Å². The van der Waals surface area contributed by atoms with E-state index in [2.05, 4.69) is 4.72 Å². The van der Waals surface area contributed by atoms with Crippen molar-refractivity contribution in [1.82, 2.24) is 4.72 Å². The predicted octanol–water partition coefficient (Wildman–Crippen LogP) is 2.67. The number of aliphatic carboxylic acids is 1. The Morgan fingerprint density at radius 3 is 2.57 bits per heavy atom. The maximum Gasteiger partial charge on any atom is 0.308 e. The van der Waals surface area contributed by atoms with E-state index >= 15 is 0 Å². The molecule has 2 aromatic rings. The molecule has 1 aromatic heterocycles. The average molecular weight is 353 g/mol. The third-order valence-corrected chi connectivity index (χ3v) is 6.46. The van der Waals surface area contributed by atoms with Gasteiger partial charge in [-0.3, -0.25) is 4.79 Å². The molecular weight excluding hydrogens is 334 g/mol. The van der Waals surface area contributed by atoms with E-state index in [1.54, 1.807) is 6.07 Å². The van der Waals surface area contributed by atoms with Crippen LogP contribution in [-0.4, -0.2) is 25.5 Å². The van der Waals surface area contributed by atoms with Crippen molar-refractivity contribution >= 4 is 27.3 Å². The lowest BCUT2D eigenvalue weighted by atomic mass is 10.1. The fourth-order valence-corrected chi connectivity index (χ4v) is 4.80. The average Bonchev–Trinajstić information content (AvgIpc) is 2.94. The lowest BCUT2D eigenvalue weighted by Crippen LogP contribution is -2.32. The zero-order valence-electron chi connectivity index (χ0n) is 12.7. The van der Waals surface area contributed by atoms with Crippen molar-refractivity contribution in [3.63, 3.8) is 0 Å². The van der Waals surface area contributed by atoms with Gasteiger partial charge in [-0.1, -0.05) is 30.3 Å². The molecule has 0 saturated heterocycles. The summed E-state index contributed by atoms with van der Waals surface area (Å²) in [5.41, 5.74) is 1.17. The van der Waals surface area contributed by atoms with Crippen LogP contribution in [0, 0.1) is 0 Å². The molecule has 7 heteroatoms. The smallest absolute Gasteiger partial charge is 0.308 e. The van der Waals surface area contributed by atoms with Gasteiger partial charge < -0.3 is 5.11 Å². The Labute approximate surface area is 140 Å². The predicted molar refractivity (Wildman–Crippen MR) is 90.2 cm³/mol. The fraction of sp³-hybridized carbons (Fsp3) is 0.312. The molecule has 0 saturated carbocycles. The highest BCUT2D eigenvalue weighted by molar-refractivity contribution is 7.91. The standard InChI is InChI=1S/C16H19NO4S2/c1-12(7-8-13-5-3-2-4-6-13)17-23(20,21)16-10-9-14(22-16)11-15(18)19/h2-6,9-10,12,17H,7-8,11H2,1H3,(H,18,19). The van der Waals surface area contributed by atoms with E-state index in [4.69, 9.17) is 5.11 Å². The molecule has 2 rings (SSSR count). The molecule has 2 N–H and O–H groups in total. The number of carboxylic acid groups (broad SMARTS) is 1. The number of aryl methyl sites for hydroxylation is 1. The highest BCUT2D eigenvalue weighted by Crippen LogP contribution is 2.22. The van der Waals surface area contributed by atoms with Gasteiger partial charge in [-0.25, -0.2) is 13.1 Å². The maximum atomic E-state index is 12.3. The van der Waals surface area contributed by atoms with Crippen molar-refractivity contribution in [2.45, 2.75) is 36.4 Å². The minimum Gasteiger partial charge on any atom is -0.481 e. The van der Waals surface area contributed by atoms with Crippen molar-refractivity contribution in [2.75, 3.05) is 0 Å². The third-order valence-electron chi connectivity index (χ3n) is 3.29. The van der Waals surface area contributed by atoms with Crippen LogP contribution in [0.1, 0.15) is 23.8 Å². The van der Waals surface area contributed by atoms with Crippen LogP contribution < -0.4 is 4.72 Å². The topological polar surface area (TPSA) is 83.5 Å². The fourth-order valence-electron chi connectivity index (χ4n) is 2.16. The van der Waals surface area contributed by atoms with E-state index in [-0.39, 0.29) is 16.7 Å². The van der Waals surface area contributed by atoms with Crippen LogP contribution in [-0.2, 0) is 27.7 Å². The molecular formula is C16H19NO4S2. The third kappa shape index (κ3) is 5.46. The SMILES string of the molecule is CC(CCc1ccccc1)NS(=O)(=O)c1ccc(CC(=O)O)s1. The van der Waals surface area contributed by atoms with E-state index in [1.165, 1.54) is 11.6 Å². The van der Waals surface area contributed by atoms with Gasteiger partial charge >= 0.3 is 5.97 Å². The first-order valence-electron chi connectivity index (χ1n) is 7.23. The molecule has 0 spiro atoms. The van der Waals surface area contributed by atoms with Crippen molar-refractivity contribution in [3.05, 3.63) is 52.9 Å². The number of thiophene rings is 1. The van der Waals surface area contributed by atoms with Crippen LogP contribution >= 0.6 is 11.3 Å². The van der Waals surface area contributed by atoms with E-state index < -0.39 is 16.0 Å². The minimum absolute atomic E-state index is 0.153. The molecule has 1 unspecified atom stereocenters. The number of nitrogens with one attached hydrogen (secondary N) is 1. The first-order chi connectivity index (χ1) is 10.9. The van der Waals surface area contributed by atoms with Gasteiger partial charge in [-0.2, -0.15) is 0 Å². The van der Waals surface area contributed by atoms with Gasteiger partial charge in [0.25, 0.3) is 0 Å². The Morgan fingerprint density at radius 1 is 1.22 bits per heavy atom. The highest BCUT2D eigenvalue weighted by atomic mass is 32.2. The molecule has 124 valence electrons. The summed E-state index contributed by atoms with van der Waals surface area (Å²) in [4.78, 5) is 11.2. The summed E-state index contributed by atoms with van der Waals surface area (Å²) in [6, 6.07) is 12.7. The summed E-state index contributed by atoms with van der Waals surface area (Å²) < 4.78 is 27.4. The van der Waals surface area contributed by atoms with Crippen LogP contribution in [0.3, 0.4) is 0 Å². The number of hydrogen-bond acceptors (Lipinski definition) is 4. The van der Waals surface area contributed by atoms with Gasteiger partial charge in [0, 0.05) is 10.9 Å². The first kappa shape index (κ1) is 17.7. The minimum atomic E-state index is -3.60.